The first-order chi connectivity index (χ1) is 12.3. The van der Waals surface area contributed by atoms with Crippen LogP contribution in [0.15, 0.2) is 66.2 Å². The number of carbonyl (C=O) groups is 1. The van der Waals surface area contributed by atoms with Crippen molar-refractivity contribution in [1.82, 2.24) is 9.80 Å². The van der Waals surface area contributed by atoms with Crippen LogP contribution in [-0.4, -0.2) is 41.9 Å². The van der Waals surface area contributed by atoms with Crippen molar-refractivity contribution < 1.29 is 4.79 Å². The van der Waals surface area contributed by atoms with Crippen LogP contribution >= 0.6 is 0 Å². The highest BCUT2D eigenvalue weighted by atomic mass is 16.2. The van der Waals surface area contributed by atoms with Gasteiger partial charge in [0.1, 0.15) is 11.6 Å². The molecule has 0 spiro atoms. The molecule has 0 aliphatic carbocycles. The maximum atomic E-state index is 12.6. The molecule has 25 heavy (non-hydrogen) atoms. The van der Waals surface area contributed by atoms with E-state index in [2.05, 4.69) is 23.1 Å². The average molecular weight is 331 g/mol. The zero-order chi connectivity index (χ0) is 17.5. The Morgan fingerprint density at radius 3 is 2.16 bits per heavy atom. The molecular weight excluding hydrogens is 310 g/mol. The van der Waals surface area contributed by atoms with Crippen LogP contribution in [0.25, 0.3) is 6.08 Å². The minimum atomic E-state index is -0.175. The van der Waals surface area contributed by atoms with Crippen LogP contribution in [-0.2, 0) is 11.3 Å². The van der Waals surface area contributed by atoms with E-state index in [1.807, 2.05) is 48.5 Å². The van der Waals surface area contributed by atoms with E-state index in [1.165, 1.54) is 5.56 Å². The van der Waals surface area contributed by atoms with Crippen molar-refractivity contribution in [3.63, 3.8) is 0 Å². The number of rotatable bonds is 4. The summed E-state index contributed by atoms with van der Waals surface area (Å²) in [5.74, 6) is -0.175. The fraction of sp³-hybridized carbons (Fsp3) is 0.238. The fourth-order valence-electron chi connectivity index (χ4n) is 2.98. The largest absolute Gasteiger partial charge is 0.335 e. The van der Waals surface area contributed by atoms with Gasteiger partial charge in [-0.2, -0.15) is 5.26 Å². The smallest absolute Gasteiger partial charge is 0.264 e. The number of amides is 1. The quantitative estimate of drug-likeness (QED) is 0.639. The Morgan fingerprint density at radius 2 is 1.56 bits per heavy atom. The van der Waals surface area contributed by atoms with E-state index in [0.29, 0.717) is 13.1 Å². The van der Waals surface area contributed by atoms with Crippen LogP contribution in [0.2, 0.25) is 0 Å². The standard InChI is InChI=1S/C21H21N3O/c22-16-20(15-18-7-3-1-4-8-18)21(25)24-13-11-23(12-14-24)17-19-9-5-2-6-10-19/h1-10,15H,11-14,17H2. The SMILES string of the molecule is N#CC(=Cc1ccccc1)C(=O)N1CCN(Cc2ccccc2)CC1. The highest BCUT2D eigenvalue weighted by Gasteiger charge is 2.23. The second-order valence-electron chi connectivity index (χ2n) is 6.13. The molecule has 4 heteroatoms. The first-order valence-corrected chi connectivity index (χ1v) is 8.48. The summed E-state index contributed by atoms with van der Waals surface area (Å²) < 4.78 is 0. The molecule has 2 aromatic rings. The number of benzene rings is 2. The van der Waals surface area contributed by atoms with Gasteiger partial charge in [0.05, 0.1) is 0 Å². The van der Waals surface area contributed by atoms with Gasteiger partial charge in [-0.25, -0.2) is 0 Å². The second kappa shape index (κ2) is 8.27. The highest BCUT2D eigenvalue weighted by molar-refractivity contribution is 6.01. The van der Waals surface area contributed by atoms with Gasteiger partial charge in [-0.3, -0.25) is 9.69 Å². The lowest BCUT2D eigenvalue weighted by Gasteiger charge is -2.34. The summed E-state index contributed by atoms with van der Waals surface area (Å²) >= 11 is 0. The van der Waals surface area contributed by atoms with Crippen LogP contribution in [0.5, 0.6) is 0 Å². The molecular formula is C21H21N3O. The lowest BCUT2D eigenvalue weighted by atomic mass is 10.1. The van der Waals surface area contributed by atoms with Gasteiger partial charge in [0.25, 0.3) is 5.91 Å². The van der Waals surface area contributed by atoms with Crippen LogP contribution < -0.4 is 0 Å². The third kappa shape index (κ3) is 4.56. The number of carbonyl (C=O) groups excluding carboxylic acids is 1. The molecule has 1 saturated heterocycles. The second-order valence-corrected chi connectivity index (χ2v) is 6.13. The van der Waals surface area contributed by atoms with Crippen LogP contribution in [0.1, 0.15) is 11.1 Å². The van der Waals surface area contributed by atoms with Crippen molar-refractivity contribution in [2.24, 2.45) is 0 Å². The molecule has 0 atom stereocenters. The summed E-state index contributed by atoms with van der Waals surface area (Å²) in [4.78, 5) is 16.7. The Labute approximate surface area is 148 Å². The number of hydrogen-bond acceptors (Lipinski definition) is 3. The highest BCUT2D eigenvalue weighted by Crippen LogP contribution is 2.13. The van der Waals surface area contributed by atoms with E-state index in [9.17, 15) is 10.1 Å². The molecule has 0 unspecified atom stereocenters. The van der Waals surface area contributed by atoms with Crippen molar-refractivity contribution in [3.8, 4) is 6.07 Å². The molecule has 1 fully saturated rings. The lowest BCUT2D eigenvalue weighted by molar-refractivity contribution is -0.128. The minimum absolute atomic E-state index is 0.175. The Hall–Kier alpha value is -2.90. The Morgan fingerprint density at radius 1 is 0.960 bits per heavy atom. The molecule has 4 nitrogen and oxygen atoms in total. The predicted octanol–water partition coefficient (Wildman–Crippen LogP) is 2.94. The van der Waals surface area contributed by atoms with Crippen molar-refractivity contribution in [3.05, 3.63) is 77.4 Å². The van der Waals surface area contributed by atoms with E-state index >= 15 is 0 Å². The molecule has 2 aromatic carbocycles. The number of nitriles is 1. The van der Waals surface area contributed by atoms with Crippen molar-refractivity contribution in [2.45, 2.75) is 6.54 Å². The monoisotopic (exact) mass is 331 g/mol. The molecule has 0 saturated carbocycles. The summed E-state index contributed by atoms with van der Waals surface area (Å²) in [5.41, 5.74) is 2.35. The van der Waals surface area contributed by atoms with Crippen molar-refractivity contribution >= 4 is 12.0 Å². The summed E-state index contributed by atoms with van der Waals surface area (Å²) in [6.07, 6.45) is 1.67. The molecule has 1 amide bonds. The average Bonchev–Trinajstić information content (AvgIpc) is 2.68. The summed E-state index contributed by atoms with van der Waals surface area (Å²) in [7, 11) is 0. The third-order valence-electron chi connectivity index (χ3n) is 4.37. The molecule has 1 aliphatic heterocycles. The summed E-state index contributed by atoms with van der Waals surface area (Å²) in [6, 6.07) is 21.9. The van der Waals surface area contributed by atoms with Gasteiger partial charge >= 0.3 is 0 Å². The number of nitrogens with zero attached hydrogens (tertiary/aromatic N) is 3. The van der Waals surface area contributed by atoms with Gasteiger partial charge in [0, 0.05) is 32.7 Å². The van der Waals surface area contributed by atoms with E-state index < -0.39 is 0 Å². The molecule has 0 radical (unpaired) electrons. The lowest BCUT2D eigenvalue weighted by Crippen LogP contribution is -2.48. The van der Waals surface area contributed by atoms with Crippen LogP contribution in [0.3, 0.4) is 0 Å². The van der Waals surface area contributed by atoms with E-state index in [1.54, 1.807) is 11.0 Å². The zero-order valence-electron chi connectivity index (χ0n) is 14.1. The Bertz CT molecular complexity index is 770. The molecule has 1 heterocycles. The number of piperazine rings is 1. The normalized spacial score (nSPS) is 15.6. The first-order valence-electron chi connectivity index (χ1n) is 8.48. The minimum Gasteiger partial charge on any atom is -0.335 e. The van der Waals surface area contributed by atoms with Crippen LogP contribution in [0.4, 0.5) is 0 Å². The van der Waals surface area contributed by atoms with Crippen LogP contribution in [0, 0.1) is 11.3 Å². The Kier molecular flexibility index (Phi) is 5.61. The van der Waals surface area contributed by atoms with Gasteiger partial charge in [0.15, 0.2) is 0 Å². The Balaban J connectivity index is 1.59. The summed E-state index contributed by atoms with van der Waals surface area (Å²) in [5, 5.41) is 9.36. The van der Waals surface area contributed by atoms with Gasteiger partial charge in [0.2, 0.25) is 0 Å². The topological polar surface area (TPSA) is 47.3 Å². The number of hydrogen-bond donors (Lipinski definition) is 0. The van der Waals surface area contributed by atoms with Crippen molar-refractivity contribution in [1.29, 1.82) is 5.26 Å². The molecule has 0 bridgehead atoms. The van der Waals surface area contributed by atoms with Gasteiger partial charge in [-0.05, 0) is 17.2 Å². The summed E-state index contributed by atoms with van der Waals surface area (Å²) in [6.45, 7) is 3.85. The van der Waals surface area contributed by atoms with Gasteiger partial charge < -0.3 is 4.90 Å². The van der Waals surface area contributed by atoms with E-state index in [0.717, 1.165) is 25.2 Å². The predicted molar refractivity (Wildman–Crippen MR) is 98.3 cm³/mol. The molecule has 0 aromatic heterocycles. The van der Waals surface area contributed by atoms with E-state index in [4.69, 9.17) is 0 Å². The van der Waals surface area contributed by atoms with E-state index in [-0.39, 0.29) is 11.5 Å². The molecule has 1 aliphatic rings. The molecule has 126 valence electrons. The zero-order valence-corrected chi connectivity index (χ0v) is 14.1. The maximum Gasteiger partial charge on any atom is 0.264 e. The molecule has 3 rings (SSSR count). The maximum absolute atomic E-state index is 12.6. The van der Waals surface area contributed by atoms with Crippen molar-refractivity contribution in [2.75, 3.05) is 26.2 Å². The fourth-order valence-corrected chi connectivity index (χ4v) is 2.98. The molecule has 0 N–H and O–H groups in total. The van der Waals surface area contributed by atoms with Gasteiger partial charge in [-0.15, -0.1) is 0 Å². The van der Waals surface area contributed by atoms with Gasteiger partial charge in [-0.1, -0.05) is 60.7 Å². The first kappa shape index (κ1) is 16.9. The third-order valence-corrected chi connectivity index (χ3v) is 4.37.